The minimum Gasteiger partial charge on any atom is -0.462 e. The molecular weight excluding hydrogens is 1210 g/mol. The first kappa shape index (κ1) is 89.5. The van der Waals surface area contributed by atoms with Gasteiger partial charge in [0.25, 0.3) is 0 Å². The number of unbranched alkanes of at least 4 members (excludes halogenated alkanes) is 32. The van der Waals surface area contributed by atoms with Crippen molar-refractivity contribution in [1.29, 1.82) is 0 Å². The second-order valence-electron chi connectivity index (χ2n) is 26.6. The molecule has 0 aromatic carbocycles. The molecule has 92 heavy (non-hydrogen) atoms. The third-order valence-corrected chi connectivity index (χ3v) is 18.9. The predicted molar refractivity (Wildman–Crippen MR) is 372 cm³/mol. The zero-order valence-electron chi connectivity index (χ0n) is 59.5. The average molecular weight is 1350 g/mol. The zero-order valence-corrected chi connectivity index (χ0v) is 61.3. The summed E-state index contributed by atoms with van der Waals surface area (Å²) in [5.74, 6) is 0.126. The number of allylic oxidation sites excluding steroid dienone is 4. The van der Waals surface area contributed by atoms with Crippen molar-refractivity contribution in [3.63, 3.8) is 0 Å². The molecule has 0 radical (unpaired) electrons. The fourth-order valence-corrected chi connectivity index (χ4v) is 12.0. The maximum Gasteiger partial charge on any atom is 0.472 e. The Balaban J connectivity index is 5.30. The van der Waals surface area contributed by atoms with Crippen LogP contribution in [0, 0.1) is 17.8 Å². The van der Waals surface area contributed by atoms with Crippen LogP contribution in [0.2, 0.25) is 0 Å². The van der Waals surface area contributed by atoms with Crippen LogP contribution in [0.5, 0.6) is 0 Å². The SMILES string of the molecule is CCCCCC/C=C\C=C/CCCCCCCC(=O)OC[C@H](COP(=O)(O)OC[C@@H](O)COP(=O)(O)OC[C@@H](COC(=O)CCCCCCCCC(C)CC)OC(=O)CCCCCCCCCCCCC(C)CC)OC(=O)CCCCCCCCCCCCC(C)C. The van der Waals surface area contributed by atoms with E-state index in [0.717, 1.165) is 133 Å². The number of phosphoric ester groups is 2. The van der Waals surface area contributed by atoms with Gasteiger partial charge in [-0.1, -0.05) is 291 Å². The first-order chi connectivity index (χ1) is 44.3. The van der Waals surface area contributed by atoms with Crippen LogP contribution in [0.15, 0.2) is 24.3 Å². The highest BCUT2D eigenvalue weighted by Gasteiger charge is 2.30. The van der Waals surface area contributed by atoms with Crippen molar-refractivity contribution in [2.24, 2.45) is 17.8 Å². The normalized spacial score (nSPS) is 14.9. The van der Waals surface area contributed by atoms with Crippen LogP contribution in [0.4, 0.5) is 0 Å². The Labute approximate surface area is 561 Å². The van der Waals surface area contributed by atoms with Gasteiger partial charge in [0.05, 0.1) is 26.4 Å². The summed E-state index contributed by atoms with van der Waals surface area (Å²) in [6, 6.07) is 0. The van der Waals surface area contributed by atoms with Crippen LogP contribution < -0.4 is 0 Å². The van der Waals surface area contributed by atoms with Crippen molar-refractivity contribution in [3.8, 4) is 0 Å². The minimum atomic E-state index is -4.96. The summed E-state index contributed by atoms with van der Waals surface area (Å²) in [4.78, 5) is 72.7. The van der Waals surface area contributed by atoms with E-state index in [1.54, 1.807) is 0 Å². The van der Waals surface area contributed by atoms with Gasteiger partial charge in [-0.3, -0.25) is 37.3 Å². The molecule has 0 rings (SSSR count). The molecule has 0 amide bonds. The minimum absolute atomic E-state index is 0.0986. The number of carbonyl (C=O) groups is 4. The van der Waals surface area contributed by atoms with E-state index < -0.39 is 97.5 Å². The van der Waals surface area contributed by atoms with E-state index in [4.69, 9.17) is 37.0 Å². The maximum atomic E-state index is 13.0. The Morgan fingerprint density at radius 1 is 0.359 bits per heavy atom. The van der Waals surface area contributed by atoms with Gasteiger partial charge in [0.15, 0.2) is 12.2 Å². The fourth-order valence-electron chi connectivity index (χ4n) is 10.5. The van der Waals surface area contributed by atoms with E-state index in [0.29, 0.717) is 25.7 Å². The van der Waals surface area contributed by atoms with Crippen LogP contribution in [0.25, 0.3) is 0 Å². The highest BCUT2D eigenvalue weighted by molar-refractivity contribution is 7.47. The summed E-state index contributed by atoms with van der Waals surface area (Å²) in [5, 5.41) is 10.6. The van der Waals surface area contributed by atoms with E-state index in [1.807, 2.05) is 0 Å². The number of carbonyl (C=O) groups excluding carboxylic acids is 4. The summed E-state index contributed by atoms with van der Waals surface area (Å²) >= 11 is 0. The monoisotopic (exact) mass is 1350 g/mol. The molecular formula is C73H138O17P2. The van der Waals surface area contributed by atoms with Gasteiger partial charge in [-0.05, 0) is 69.1 Å². The van der Waals surface area contributed by atoms with Crippen LogP contribution in [-0.4, -0.2) is 96.7 Å². The lowest BCUT2D eigenvalue weighted by Gasteiger charge is -2.21. The standard InChI is InChI=1S/C73H138O17P2/c1-8-11-12-13-14-15-16-17-18-19-20-27-32-40-47-54-70(75)83-60-68(89-72(77)56-49-42-33-28-23-21-25-30-37-44-51-64(4)5)62-87-91(79,80)85-58-67(74)59-86-92(81,82)88-63-69(61-84-71(76)55-48-41-36-35-39-46-53-66(7)10-3)90-73(78)57-50-43-34-29-24-22-26-31-38-45-52-65(6)9-2/h15-18,64-69,74H,8-14,19-63H2,1-7H3,(H,79,80)(H,81,82)/b16-15-,18-17-/t65?,66?,67-,68-,69-/m1/s1. The summed E-state index contributed by atoms with van der Waals surface area (Å²) in [5.41, 5.74) is 0. The second-order valence-corrected chi connectivity index (χ2v) is 29.5. The molecule has 0 fully saturated rings. The Kier molecular flexibility index (Phi) is 61.6. The van der Waals surface area contributed by atoms with E-state index in [2.05, 4.69) is 72.8 Å². The molecule has 542 valence electrons. The molecule has 19 heteroatoms. The molecule has 0 saturated carbocycles. The third kappa shape index (κ3) is 63.6. The van der Waals surface area contributed by atoms with E-state index in [1.165, 1.54) is 128 Å². The van der Waals surface area contributed by atoms with Gasteiger partial charge in [0, 0.05) is 25.7 Å². The van der Waals surface area contributed by atoms with Crippen molar-refractivity contribution in [1.82, 2.24) is 0 Å². The smallest absolute Gasteiger partial charge is 0.462 e. The van der Waals surface area contributed by atoms with Gasteiger partial charge in [-0.25, -0.2) is 9.13 Å². The van der Waals surface area contributed by atoms with Crippen LogP contribution in [-0.2, 0) is 65.4 Å². The van der Waals surface area contributed by atoms with Crippen molar-refractivity contribution >= 4 is 39.5 Å². The van der Waals surface area contributed by atoms with Crippen molar-refractivity contribution in [2.75, 3.05) is 39.6 Å². The molecule has 0 aliphatic carbocycles. The molecule has 3 N–H and O–H groups in total. The number of rotatable bonds is 69. The topological polar surface area (TPSA) is 237 Å². The molecule has 0 spiro atoms. The number of aliphatic hydroxyl groups is 1. The average Bonchev–Trinajstić information content (AvgIpc) is 1.61. The summed E-state index contributed by atoms with van der Waals surface area (Å²) in [7, 11) is -9.92. The van der Waals surface area contributed by atoms with Crippen molar-refractivity contribution in [3.05, 3.63) is 24.3 Å². The predicted octanol–water partition coefficient (Wildman–Crippen LogP) is 20.6. The Hall–Kier alpha value is -2.46. The first-order valence-corrected chi connectivity index (χ1v) is 40.2. The van der Waals surface area contributed by atoms with Crippen molar-refractivity contribution in [2.45, 2.75) is 362 Å². The molecule has 0 saturated heterocycles. The van der Waals surface area contributed by atoms with Gasteiger partial charge < -0.3 is 33.8 Å². The van der Waals surface area contributed by atoms with E-state index >= 15 is 0 Å². The summed E-state index contributed by atoms with van der Waals surface area (Å²) in [6.45, 7) is 11.8. The molecule has 7 atom stereocenters. The molecule has 0 aromatic heterocycles. The maximum absolute atomic E-state index is 13.0. The van der Waals surface area contributed by atoms with E-state index in [-0.39, 0.29) is 25.7 Å². The number of esters is 4. The van der Waals surface area contributed by atoms with E-state index in [9.17, 15) is 43.2 Å². The fraction of sp³-hybridized carbons (Fsp3) is 0.890. The number of ether oxygens (including phenoxy) is 4. The summed E-state index contributed by atoms with van der Waals surface area (Å²) < 4.78 is 68.4. The Morgan fingerprint density at radius 2 is 0.641 bits per heavy atom. The second kappa shape index (κ2) is 63.3. The van der Waals surface area contributed by atoms with Gasteiger partial charge in [-0.15, -0.1) is 0 Å². The molecule has 0 aliphatic rings. The van der Waals surface area contributed by atoms with Crippen molar-refractivity contribution < 1.29 is 80.2 Å². The highest BCUT2D eigenvalue weighted by Crippen LogP contribution is 2.45. The van der Waals surface area contributed by atoms with Crippen LogP contribution in [0.3, 0.4) is 0 Å². The Bertz CT molecular complexity index is 1900. The highest BCUT2D eigenvalue weighted by atomic mass is 31.2. The molecule has 0 heterocycles. The van der Waals surface area contributed by atoms with Crippen LogP contribution >= 0.6 is 15.6 Å². The molecule has 0 bridgehead atoms. The zero-order chi connectivity index (χ0) is 68.0. The lowest BCUT2D eigenvalue weighted by Crippen LogP contribution is -2.30. The number of aliphatic hydroxyl groups excluding tert-OH is 1. The Morgan fingerprint density at radius 3 is 0.967 bits per heavy atom. The number of hydrogen-bond donors (Lipinski definition) is 3. The van der Waals surface area contributed by atoms with Gasteiger partial charge in [0.2, 0.25) is 0 Å². The van der Waals surface area contributed by atoms with Crippen LogP contribution in [0.1, 0.15) is 344 Å². The molecule has 0 aliphatic heterocycles. The number of phosphoric acid groups is 2. The van der Waals surface area contributed by atoms with Gasteiger partial charge in [0.1, 0.15) is 19.3 Å². The lowest BCUT2D eigenvalue weighted by atomic mass is 9.99. The molecule has 0 aromatic rings. The summed E-state index contributed by atoms with van der Waals surface area (Å²) in [6.07, 6.45) is 50.7. The largest absolute Gasteiger partial charge is 0.472 e. The molecule has 17 nitrogen and oxygen atoms in total. The third-order valence-electron chi connectivity index (χ3n) is 17.0. The van der Waals surface area contributed by atoms with Gasteiger partial charge >= 0.3 is 39.5 Å². The quantitative estimate of drug-likeness (QED) is 0.0169. The first-order valence-electron chi connectivity index (χ1n) is 37.2. The van der Waals surface area contributed by atoms with Gasteiger partial charge in [-0.2, -0.15) is 0 Å². The number of hydrogen-bond acceptors (Lipinski definition) is 15. The molecule has 4 unspecified atom stereocenters. The lowest BCUT2D eigenvalue weighted by molar-refractivity contribution is -0.161.